The van der Waals surface area contributed by atoms with E-state index >= 15 is 0 Å². The standard InChI is InChI=1S/C13H23Cl/c1-2-3-4-5-6-7-12-8-10-13(14)11-9-12/h10,12H,2-9,11H2,1H3. The molecule has 0 saturated carbocycles. The maximum atomic E-state index is 5.95. The fourth-order valence-electron chi connectivity index (χ4n) is 2.16. The van der Waals surface area contributed by atoms with Gasteiger partial charge < -0.3 is 0 Å². The molecule has 1 unspecified atom stereocenters. The lowest BCUT2D eigenvalue weighted by molar-refractivity contribution is 0.418. The maximum absolute atomic E-state index is 5.95. The fraction of sp³-hybridized carbons (Fsp3) is 0.846. The molecule has 0 fully saturated rings. The summed E-state index contributed by atoms with van der Waals surface area (Å²) in [7, 11) is 0. The summed E-state index contributed by atoms with van der Waals surface area (Å²) in [5.41, 5.74) is 0. The van der Waals surface area contributed by atoms with E-state index in [2.05, 4.69) is 13.0 Å². The normalized spacial score (nSPS) is 22.1. The Morgan fingerprint density at radius 3 is 2.71 bits per heavy atom. The lowest BCUT2D eigenvalue weighted by Gasteiger charge is -2.19. The molecule has 1 aliphatic carbocycles. The predicted octanol–water partition coefficient (Wildman–Crippen LogP) is 5.27. The van der Waals surface area contributed by atoms with Gasteiger partial charge in [-0.25, -0.2) is 0 Å². The molecule has 0 aromatic rings. The quantitative estimate of drug-likeness (QED) is 0.529. The average Bonchev–Trinajstić information content (AvgIpc) is 2.21. The lowest BCUT2D eigenvalue weighted by atomic mass is 9.89. The number of allylic oxidation sites excluding steroid dienone is 2. The van der Waals surface area contributed by atoms with Gasteiger partial charge in [0.2, 0.25) is 0 Å². The highest BCUT2D eigenvalue weighted by molar-refractivity contribution is 6.29. The minimum atomic E-state index is 0.930. The van der Waals surface area contributed by atoms with Crippen LogP contribution in [-0.2, 0) is 0 Å². The van der Waals surface area contributed by atoms with Gasteiger partial charge in [0.1, 0.15) is 0 Å². The van der Waals surface area contributed by atoms with E-state index in [0.29, 0.717) is 0 Å². The van der Waals surface area contributed by atoms with Crippen LogP contribution in [0.2, 0.25) is 0 Å². The van der Waals surface area contributed by atoms with Crippen molar-refractivity contribution >= 4 is 11.6 Å². The van der Waals surface area contributed by atoms with E-state index in [9.17, 15) is 0 Å². The highest BCUT2D eigenvalue weighted by Crippen LogP contribution is 2.29. The van der Waals surface area contributed by atoms with Crippen LogP contribution in [0, 0.1) is 5.92 Å². The number of hydrogen-bond acceptors (Lipinski definition) is 0. The number of unbranched alkanes of at least 4 members (excludes halogenated alkanes) is 4. The van der Waals surface area contributed by atoms with E-state index in [4.69, 9.17) is 11.6 Å². The van der Waals surface area contributed by atoms with Crippen molar-refractivity contribution in [3.63, 3.8) is 0 Å². The van der Waals surface area contributed by atoms with Crippen LogP contribution in [-0.4, -0.2) is 0 Å². The molecule has 0 spiro atoms. The van der Waals surface area contributed by atoms with Gasteiger partial charge in [0, 0.05) is 5.03 Å². The van der Waals surface area contributed by atoms with E-state index in [0.717, 1.165) is 17.4 Å². The van der Waals surface area contributed by atoms with Crippen LogP contribution in [0.3, 0.4) is 0 Å². The summed E-state index contributed by atoms with van der Waals surface area (Å²) in [4.78, 5) is 0. The molecule has 1 heteroatoms. The minimum Gasteiger partial charge on any atom is -0.0895 e. The van der Waals surface area contributed by atoms with E-state index in [-0.39, 0.29) is 0 Å². The molecule has 82 valence electrons. The molecule has 0 amide bonds. The van der Waals surface area contributed by atoms with Gasteiger partial charge >= 0.3 is 0 Å². The molecule has 1 atom stereocenters. The van der Waals surface area contributed by atoms with Crippen LogP contribution < -0.4 is 0 Å². The van der Waals surface area contributed by atoms with Crippen LogP contribution in [0.5, 0.6) is 0 Å². The number of hydrogen-bond donors (Lipinski definition) is 0. The fourth-order valence-corrected chi connectivity index (χ4v) is 2.35. The summed E-state index contributed by atoms with van der Waals surface area (Å²) >= 11 is 5.95. The van der Waals surface area contributed by atoms with Crippen LogP contribution in [0.25, 0.3) is 0 Å². The zero-order valence-corrected chi connectivity index (χ0v) is 10.2. The number of halogens is 1. The SMILES string of the molecule is CCCCCCCC1CC=C(Cl)CC1. The third-order valence-electron chi connectivity index (χ3n) is 3.18. The number of rotatable bonds is 6. The molecule has 14 heavy (non-hydrogen) atoms. The Bertz CT molecular complexity index is 172. The second-order valence-electron chi connectivity index (χ2n) is 4.49. The zero-order valence-electron chi connectivity index (χ0n) is 9.40. The molecule has 0 saturated heterocycles. The van der Waals surface area contributed by atoms with E-state index in [1.165, 1.54) is 51.4 Å². The molecular formula is C13H23Cl. The van der Waals surface area contributed by atoms with E-state index in [1.54, 1.807) is 0 Å². The van der Waals surface area contributed by atoms with Gasteiger partial charge in [-0.2, -0.15) is 0 Å². The highest BCUT2D eigenvalue weighted by atomic mass is 35.5. The molecule has 1 rings (SSSR count). The molecular weight excluding hydrogens is 192 g/mol. The summed E-state index contributed by atoms with van der Waals surface area (Å²) in [6.45, 7) is 2.27. The molecule has 0 heterocycles. The summed E-state index contributed by atoms with van der Waals surface area (Å²) in [5, 5.41) is 1.09. The van der Waals surface area contributed by atoms with Crippen molar-refractivity contribution in [1.82, 2.24) is 0 Å². The summed E-state index contributed by atoms with van der Waals surface area (Å²) in [6, 6.07) is 0. The highest BCUT2D eigenvalue weighted by Gasteiger charge is 2.12. The van der Waals surface area contributed by atoms with Crippen molar-refractivity contribution in [3.05, 3.63) is 11.1 Å². The second-order valence-corrected chi connectivity index (χ2v) is 4.98. The lowest BCUT2D eigenvalue weighted by Crippen LogP contribution is -2.03. The van der Waals surface area contributed by atoms with Crippen molar-refractivity contribution in [2.24, 2.45) is 5.92 Å². The molecule has 1 aliphatic rings. The van der Waals surface area contributed by atoms with Gasteiger partial charge in [0.25, 0.3) is 0 Å². The topological polar surface area (TPSA) is 0 Å². The summed E-state index contributed by atoms with van der Waals surface area (Å²) < 4.78 is 0. The first kappa shape index (κ1) is 12.1. The Kier molecular flexibility index (Phi) is 6.34. The molecule has 0 nitrogen and oxygen atoms in total. The van der Waals surface area contributed by atoms with Crippen molar-refractivity contribution in [2.45, 2.75) is 64.7 Å². The monoisotopic (exact) mass is 214 g/mol. The van der Waals surface area contributed by atoms with Gasteiger partial charge in [0.05, 0.1) is 0 Å². The summed E-state index contributed by atoms with van der Waals surface area (Å²) in [6.07, 6.45) is 14.4. The van der Waals surface area contributed by atoms with Crippen LogP contribution >= 0.6 is 11.6 Å². The third-order valence-corrected chi connectivity index (χ3v) is 3.52. The van der Waals surface area contributed by atoms with Gasteiger partial charge in [0.15, 0.2) is 0 Å². The Balaban J connectivity index is 1.97. The molecule has 0 aromatic carbocycles. The van der Waals surface area contributed by atoms with Crippen LogP contribution in [0.4, 0.5) is 0 Å². The van der Waals surface area contributed by atoms with Gasteiger partial charge in [-0.15, -0.1) is 0 Å². The first-order valence-corrected chi connectivity index (χ1v) is 6.55. The van der Waals surface area contributed by atoms with Gasteiger partial charge in [-0.3, -0.25) is 0 Å². The van der Waals surface area contributed by atoms with Crippen molar-refractivity contribution in [1.29, 1.82) is 0 Å². The molecule has 0 radical (unpaired) electrons. The first-order valence-electron chi connectivity index (χ1n) is 6.17. The predicted molar refractivity (Wildman–Crippen MR) is 64.7 cm³/mol. The zero-order chi connectivity index (χ0) is 10.2. The van der Waals surface area contributed by atoms with E-state index < -0.39 is 0 Å². The minimum absolute atomic E-state index is 0.930. The molecule has 0 bridgehead atoms. The molecule has 0 aliphatic heterocycles. The Hall–Kier alpha value is 0.0300. The van der Waals surface area contributed by atoms with Crippen molar-refractivity contribution < 1.29 is 0 Å². The Morgan fingerprint density at radius 2 is 2.07 bits per heavy atom. The molecule has 0 N–H and O–H groups in total. The molecule has 0 aromatic heterocycles. The largest absolute Gasteiger partial charge is 0.0895 e. The van der Waals surface area contributed by atoms with Crippen molar-refractivity contribution in [2.75, 3.05) is 0 Å². The third kappa shape index (κ3) is 5.05. The maximum Gasteiger partial charge on any atom is 0.0141 e. The van der Waals surface area contributed by atoms with Crippen LogP contribution in [0.15, 0.2) is 11.1 Å². The first-order chi connectivity index (χ1) is 6.83. The summed E-state index contributed by atoms with van der Waals surface area (Å²) in [5.74, 6) is 0.930. The smallest absolute Gasteiger partial charge is 0.0141 e. The van der Waals surface area contributed by atoms with Crippen LogP contribution in [0.1, 0.15) is 64.7 Å². The average molecular weight is 215 g/mol. The van der Waals surface area contributed by atoms with Gasteiger partial charge in [-0.1, -0.05) is 63.1 Å². The van der Waals surface area contributed by atoms with Crippen molar-refractivity contribution in [3.8, 4) is 0 Å². The second kappa shape index (κ2) is 7.34. The van der Waals surface area contributed by atoms with Gasteiger partial charge in [-0.05, 0) is 25.2 Å². The van der Waals surface area contributed by atoms with E-state index in [1.807, 2.05) is 0 Å². The Morgan fingerprint density at radius 1 is 1.29 bits per heavy atom. The Labute approximate surface area is 93.7 Å².